The second-order valence-corrected chi connectivity index (χ2v) is 7.29. The molecule has 0 spiro atoms. The Hall–Kier alpha value is -2.47. The Bertz CT molecular complexity index is 730. The Morgan fingerprint density at radius 1 is 0.962 bits per heavy atom. The molecule has 0 aliphatic heterocycles. The highest BCUT2D eigenvalue weighted by Gasteiger charge is 2.22. The van der Waals surface area contributed by atoms with Gasteiger partial charge in [0.05, 0.1) is 24.2 Å². The van der Waals surface area contributed by atoms with E-state index in [-0.39, 0.29) is 23.3 Å². The van der Waals surface area contributed by atoms with Crippen molar-refractivity contribution in [3.05, 3.63) is 60.2 Å². The predicted octanol–water partition coefficient (Wildman–Crippen LogP) is 3.42. The third kappa shape index (κ3) is 6.11. The third-order valence-corrected chi connectivity index (χ3v) is 4.72. The van der Waals surface area contributed by atoms with E-state index >= 15 is 0 Å². The molecule has 26 heavy (non-hydrogen) atoms. The van der Waals surface area contributed by atoms with Crippen molar-refractivity contribution in [1.29, 1.82) is 0 Å². The van der Waals surface area contributed by atoms with Crippen LogP contribution in [0, 0.1) is 0 Å². The van der Waals surface area contributed by atoms with Crippen molar-refractivity contribution in [2.75, 3.05) is 23.9 Å². The number of thioether (sulfide) groups is 1. The lowest BCUT2D eigenvalue weighted by molar-refractivity contribution is -0.120. The SMILES string of the molecule is COc1ccc(NC(=O)CSCC(=O)NC(C)(C)c2ccccc2)cc1. The highest BCUT2D eigenvalue weighted by Crippen LogP contribution is 2.20. The topological polar surface area (TPSA) is 67.4 Å². The summed E-state index contributed by atoms with van der Waals surface area (Å²) in [6, 6.07) is 16.9. The molecule has 2 amide bonds. The third-order valence-electron chi connectivity index (χ3n) is 3.79. The standard InChI is InChI=1S/C20H24N2O3S/c1-20(2,15-7-5-4-6-8-15)22-19(24)14-26-13-18(23)21-16-9-11-17(25-3)12-10-16/h4-12H,13-14H2,1-3H3,(H,21,23)(H,22,24). The molecular formula is C20H24N2O3S. The monoisotopic (exact) mass is 372 g/mol. The van der Waals surface area contributed by atoms with Gasteiger partial charge in [0.15, 0.2) is 0 Å². The van der Waals surface area contributed by atoms with Crippen molar-refractivity contribution in [3.8, 4) is 5.75 Å². The van der Waals surface area contributed by atoms with E-state index in [2.05, 4.69) is 10.6 Å². The zero-order valence-corrected chi connectivity index (χ0v) is 16.1. The molecule has 0 aliphatic carbocycles. The predicted molar refractivity (Wildman–Crippen MR) is 107 cm³/mol. The number of anilines is 1. The largest absolute Gasteiger partial charge is 0.497 e. The van der Waals surface area contributed by atoms with E-state index in [1.54, 1.807) is 31.4 Å². The minimum atomic E-state index is -0.454. The maximum Gasteiger partial charge on any atom is 0.234 e. The Morgan fingerprint density at radius 2 is 1.58 bits per heavy atom. The van der Waals surface area contributed by atoms with Crippen molar-refractivity contribution in [2.24, 2.45) is 0 Å². The molecule has 138 valence electrons. The normalized spacial score (nSPS) is 10.9. The van der Waals surface area contributed by atoms with E-state index in [1.165, 1.54) is 11.8 Å². The highest BCUT2D eigenvalue weighted by molar-refractivity contribution is 8.00. The van der Waals surface area contributed by atoms with E-state index < -0.39 is 5.54 Å². The number of carbonyl (C=O) groups excluding carboxylic acids is 2. The van der Waals surface area contributed by atoms with Crippen LogP contribution in [0.2, 0.25) is 0 Å². The summed E-state index contributed by atoms with van der Waals surface area (Å²) in [5.74, 6) is 0.934. The number of hydrogen-bond donors (Lipinski definition) is 2. The number of hydrogen-bond acceptors (Lipinski definition) is 4. The van der Waals surface area contributed by atoms with Gasteiger partial charge >= 0.3 is 0 Å². The summed E-state index contributed by atoms with van der Waals surface area (Å²) in [7, 11) is 1.59. The van der Waals surface area contributed by atoms with Crippen LogP contribution in [-0.4, -0.2) is 30.4 Å². The van der Waals surface area contributed by atoms with Crippen LogP contribution in [0.25, 0.3) is 0 Å². The summed E-state index contributed by atoms with van der Waals surface area (Å²) >= 11 is 1.28. The summed E-state index contributed by atoms with van der Waals surface area (Å²) < 4.78 is 5.08. The van der Waals surface area contributed by atoms with Crippen LogP contribution in [0.3, 0.4) is 0 Å². The molecule has 2 aromatic rings. The van der Waals surface area contributed by atoms with Crippen molar-refractivity contribution in [2.45, 2.75) is 19.4 Å². The summed E-state index contributed by atoms with van der Waals surface area (Å²) in [5, 5.41) is 5.80. The maximum absolute atomic E-state index is 12.2. The van der Waals surface area contributed by atoms with Crippen LogP contribution in [0.4, 0.5) is 5.69 Å². The van der Waals surface area contributed by atoms with Crippen LogP contribution < -0.4 is 15.4 Å². The van der Waals surface area contributed by atoms with Crippen molar-refractivity contribution in [3.63, 3.8) is 0 Å². The number of benzene rings is 2. The first kappa shape index (κ1) is 19.8. The quantitative estimate of drug-likeness (QED) is 0.745. The molecule has 2 aromatic carbocycles. The van der Waals surface area contributed by atoms with Gasteiger partial charge in [0.25, 0.3) is 0 Å². The lowest BCUT2D eigenvalue weighted by Crippen LogP contribution is -2.42. The molecule has 0 bridgehead atoms. The number of methoxy groups -OCH3 is 1. The molecule has 2 N–H and O–H groups in total. The highest BCUT2D eigenvalue weighted by atomic mass is 32.2. The fraction of sp³-hybridized carbons (Fsp3) is 0.300. The second kappa shape index (κ2) is 9.29. The molecule has 2 rings (SSSR count). The number of nitrogens with one attached hydrogen (secondary N) is 2. The zero-order chi connectivity index (χ0) is 19.0. The first-order valence-electron chi connectivity index (χ1n) is 8.29. The first-order chi connectivity index (χ1) is 12.4. The number of carbonyl (C=O) groups is 2. The lowest BCUT2D eigenvalue weighted by atomic mass is 9.94. The zero-order valence-electron chi connectivity index (χ0n) is 15.2. The fourth-order valence-electron chi connectivity index (χ4n) is 2.42. The van der Waals surface area contributed by atoms with Gasteiger partial charge in [-0.3, -0.25) is 9.59 Å². The van der Waals surface area contributed by atoms with Gasteiger partial charge in [-0.1, -0.05) is 30.3 Å². The first-order valence-corrected chi connectivity index (χ1v) is 9.44. The molecule has 0 unspecified atom stereocenters. The molecule has 0 fully saturated rings. The Kier molecular flexibility index (Phi) is 7.09. The van der Waals surface area contributed by atoms with Crippen LogP contribution >= 0.6 is 11.8 Å². The molecule has 0 saturated heterocycles. The molecule has 0 saturated carbocycles. The summed E-state index contributed by atoms with van der Waals surface area (Å²) in [4.78, 5) is 24.1. The molecule has 5 nitrogen and oxygen atoms in total. The van der Waals surface area contributed by atoms with E-state index in [0.29, 0.717) is 5.69 Å². The van der Waals surface area contributed by atoms with E-state index in [0.717, 1.165) is 11.3 Å². The van der Waals surface area contributed by atoms with Crippen LogP contribution in [-0.2, 0) is 15.1 Å². The fourth-order valence-corrected chi connectivity index (χ4v) is 3.04. The summed E-state index contributed by atoms with van der Waals surface area (Å²) in [6.45, 7) is 3.92. The van der Waals surface area contributed by atoms with Gasteiger partial charge < -0.3 is 15.4 Å². The van der Waals surface area contributed by atoms with Crippen molar-refractivity contribution in [1.82, 2.24) is 5.32 Å². The molecule has 0 aliphatic rings. The maximum atomic E-state index is 12.2. The average Bonchev–Trinajstić information content (AvgIpc) is 2.62. The molecule has 0 heterocycles. The van der Waals surface area contributed by atoms with E-state index in [1.807, 2.05) is 44.2 Å². The summed E-state index contributed by atoms with van der Waals surface area (Å²) in [5.41, 5.74) is 1.28. The van der Waals surface area contributed by atoms with E-state index in [9.17, 15) is 9.59 Å². The van der Waals surface area contributed by atoms with Gasteiger partial charge in [0.2, 0.25) is 11.8 Å². The van der Waals surface area contributed by atoms with Crippen molar-refractivity contribution >= 4 is 29.3 Å². The lowest BCUT2D eigenvalue weighted by Gasteiger charge is -2.26. The van der Waals surface area contributed by atoms with Crippen LogP contribution in [0.5, 0.6) is 5.75 Å². The molecular weight excluding hydrogens is 348 g/mol. The van der Waals surface area contributed by atoms with Gasteiger partial charge in [0.1, 0.15) is 5.75 Å². The van der Waals surface area contributed by atoms with Crippen LogP contribution in [0.1, 0.15) is 19.4 Å². The minimum absolute atomic E-state index is 0.0962. The second-order valence-electron chi connectivity index (χ2n) is 6.31. The van der Waals surface area contributed by atoms with Gasteiger partial charge in [-0.05, 0) is 43.7 Å². The smallest absolute Gasteiger partial charge is 0.234 e. The van der Waals surface area contributed by atoms with Crippen LogP contribution in [0.15, 0.2) is 54.6 Å². The molecule has 0 radical (unpaired) electrons. The van der Waals surface area contributed by atoms with Gasteiger partial charge in [-0.15, -0.1) is 11.8 Å². The molecule has 0 atom stereocenters. The Labute approximate surface area is 158 Å². The number of amides is 2. The molecule has 6 heteroatoms. The number of rotatable bonds is 8. The van der Waals surface area contributed by atoms with Crippen molar-refractivity contribution < 1.29 is 14.3 Å². The van der Waals surface area contributed by atoms with E-state index in [4.69, 9.17) is 4.74 Å². The minimum Gasteiger partial charge on any atom is -0.497 e. The van der Waals surface area contributed by atoms with Gasteiger partial charge in [-0.2, -0.15) is 0 Å². The summed E-state index contributed by atoms with van der Waals surface area (Å²) in [6.07, 6.45) is 0. The van der Waals surface area contributed by atoms with Gasteiger partial charge in [0, 0.05) is 5.69 Å². The number of ether oxygens (including phenoxy) is 1. The average molecular weight is 372 g/mol. The molecule has 0 aromatic heterocycles. The Morgan fingerprint density at radius 3 is 2.19 bits per heavy atom. The Balaban J connectivity index is 1.74. The van der Waals surface area contributed by atoms with Gasteiger partial charge in [-0.25, -0.2) is 0 Å².